The molecule has 0 aromatic heterocycles. The van der Waals surface area contributed by atoms with Crippen LogP contribution in [0.2, 0.25) is 0 Å². The van der Waals surface area contributed by atoms with Crippen LogP contribution in [0.5, 0.6) is 11.5 Å². The second-order valence-corrected chi connectivity index (χ2v) is 5.53. The molecule has 0 radical (unpaired) electrons. The number of phenolic OH excluding ortho intramolecular Hbond substituents is 1. The van der Waals surface area contributed by atoms with Crippen LogP contribution in [-0.4, -0.2) is 35.7 Å². The zero-order chi connectivity index (χ0) is 12.5. The molecule has 3 nitrogen and oxygen atoms in total. The minimum Gasteiger partial charge on any atom is -0.508 e. The maximum Gasteiger partial charge on any atom is 0.123 e. The number of ether oxygens (including phenoxy) is 1. The van der Waals surface area contributed by atoms with Crippen molar-refractivity contribution >= 4 is 0 Å². The molecule has 18 heavy (non-hydrogen) atoms. The second kappa shape index (κ2) is 4.81. The summed E-state index contributed by atoms with van der Waals surface area (Å²) >= 11 is 0. The predicted molar refractivity (Wildman–Crippen MR) is 71.1 cm³/mol. The fraction of sp³-hybridized carbons (Fsp3) is 0.600. The quantitative estimate of drug-likeness (QED) is 0.828. The van der Waals surface area contributed by atoms with Crippen molar-refractivity contribution in [3.63, 3.8) is 0 Å². The molecule has 1 saturated heterocycles. The minimum atomic E-state index is 0.312. The molecule has 1 N–H and O–H groups in total. The number of likely N-dealkylation sites (N-methyl/N-ethyl adjacent to an activating group) is 1. The van der Waals surface area contributed by atoms with Gasteiger partial charge in [0.05, 0.1) is 0 Å². The van der Waals surface area contributed by atoms with Gasteiger partial charge in [0.15, 0.2) is 0 Å². The third-order valence-corrected chi connectivity index (χ3v) is 4.28. The van der Waals surface area contributed by atoms with Gasteiger partial charge in [-0.1, -0.05) is 6.42 Å². The van der Waals surface area contributed by atoms with E-state index < -0.39 is 0 Å². The summed E-state index contributed by atoms with van der Waals surface area (Å²) in [5.74, 6) is 1.30. The van der Waals surface area contributed by atoms with Gasteiger partial charge in [0.1, 0.15) is 17.6 Å². The van der Waals surface area contributed by atoms with E-state index in [4.69, 9.17) is 4.74 Å². The molecule has 2 aliphatic heterocycles. The molecule has 1 aromatic rings. The van der Waals surface area contributed by atoms with Gasteiger partial charge in [-0.05, 0) is 63.0 Å². The first-order valence-electron chi connectivity index (χ1n) is 6.93. The molecule has 3 heteroatoms. The molecule has 0 amide bonds. The molecule has 1 aromatic carbocycles. The number of benzene rings is 1. The summed E-state index contributed by atoms with van der Waals surface area (Å²) < 4.78 is 6.14. The van der Waals surface area contributed by atoms with Gasteiger partial charge in [0, 0.05) is 6.04 Å². The number of likely N-dealkylation sites (tertiary alicyclic amines) is 1. The van der Waals surface area contributed by atoms with Crippen LogP contribution < -0.4 is 4.74 Å². The fourth-order valence-electron chi connectivity index (χ4n) is 3.24. The van der Waals surface area contributed by atoms with E-state index in [0.29, 0.717) is 17.9 Å². The first-order valence-corrected chi connectivity index (χ1v) is 6.93. The first-order chi connectivity index (χ1) is 8.74. The third-order valence-electron chi connectivity index (χ3n) is 4.28. The Morgan fingerprint density at radius 1 is 1.28 bits per heavy atom. The van der Waals surface area contributed by atoms with Crippen LogP contribution in [0.15, 0.2) is 18.2 Å². The summed E-state index contributed by atoms with van der Waals surface area (Å²) in [7, 11) is 2.21. The molecule has 0 aliphatic carbocycles. The second-order valence-electron chi connectivity index (χ2n) is 5.53. The largest absolute Gasteiger partial charge is 0.508 e. The zero-order valence-electron chi connectivity index (χ0n) is 10.9. The Labute approximate surface area is 108 Å². The number of aromatic hydroxyl groups is 1. The molecule has 0 unspecified atom stereocenters. The summed E-state index contributed by atoms with van der Waals surface area (Å²) in [5, 5.41) is 9.48. The lowest BCUT2D eigenvalue weighted by molar-refractivity contribution is 0.0447. The number of piperidine rings is 1. The van der Waals surface area contributed by atoms with Crippen molar-refractivity contribution < 1.29 is 9.84 Å². The summed E-state index contributed by atoms with van der Waals surface area (Å²) in [6, 6.07) is 6.00. The lowest BCUT2D eigenvalue weighted by Gasteiger charge is -2.40. The van der Waals surface area contributed by atoms with Gasteiger partial charge in [-0.15, -0.1) is 0 Å². The monoisotopic (exact) mass is 247 g/mol. The van der Waals surface area contributed by atoms with Crippen LogP contribution in [0, 0.1) is 0 Å². The van der Waals surface area contributed by atoms with Crippen molar-refractivity contribution in [3.8, 4) is 11.5 Å². The van der Waals surface area contributed by atoms with E-state index in [0.717, 1.165) is 24.2 Å². The lowest BCUT2D eigenvalue weighted by Crippen LogP contribution is -2.48. The molecule has 2 aliphatic rings. The topological polar surface area (TPSA) is 32.7 Å². The predicted octanol–water partition coefficient (Wildman–Crippen LogP) is 2.57. The normalized spacial score (nSPS) is 28.5. The van der Waals surface area contributed by atoms with Crippen molar-refractivity contribution in [2.45, 2.75) is 44.2 Å². The summed E-state index contributed by atoms with van der Waals surface area (Å²) in [5.41, 5.74) is 1.14. The highest BCUT2D eigenvalue weighted by Crippen LogP contribution is 2.33. The van der Waals surface area contributed by atoms with Gasteiger partial charge in [0.25, 0.3) is 0 Å². The zero-order valence-corrected chi connectivity index (χ0v) is 10.9. The third kappa shape index (κ3) is 2.19. The Bertz CT molecular complexity index is 433. The van der Waals surface area contributed by atoms with Crippen molar-refractivity contribution in [2.75, 3.05) is 13.6 Å². The fourth-order valence-corrected chi connectivity index (χ4v) is 3.24. The van der Waals surface area contributed by atoms with Gasteiger partial charge < -0.3 is 9.84 Å². The van der Waals surface area contributed by atoms with E-state index in [9.17, 15) is 5.11 Å². The lowest BCUT2D eigenvalue weighted by atomic mass is 9.91. The number of rotatable bonds is 1. The number of aryl methyl sites for hydroxylation is 1. The molecule has 0 spiro atoms. The van der Waals surface area contributed by atoms with E-state index in [1.165, 1.54) is 25.8 Å². The molecule has 98 valence electrons. The Hall–Kier alpha value is -1.22. The molecule has 1 fully saturated rings. The van der Waals surface area contributed by atoms with Crippen LogP contribution >= 0.6 is 0 Å². The molecule has 3 rings (SSSR count). The van der Waals surface area contributed by atoms with Crippen molar-refractivity contribution in [3.05, 3.63) is 23.8 Å². The molecule has 2 heterocycles. The number of hydrogen-bond acceptors (Lipinski definition) is 3. The van der Waals surface area contributed by atoms with E-state index in [1.54, 1.807) is 6.07 Å². The number of hydrogen-bond donors (Lipinski definition) is 1. The SMILES string of the molecule is CN1CCCC[C@@H]1[C@@H]1CCc2cc(O)ccc2O1. The van der Waals surface area contributed by atoms with Crippen molar-refractivity contribution in [1.29, 1.82) is 0 Å². The Balaban J connectivity index is 1.76. The van der Waals surface area contributed by atoms with Crippen molar-refractivity contribution in [1.82, 2.24) is 4.90 Å². The van der Waals surface area contributed by atoms with Gasteiger partial charge in [0.2, 0.25) is 0 Å². The minimum absolute atomic E-state index is 0.312. The summed E-state index contributed by atoms with van der Waals surface area (Å²) in [4.78, 5) is 2.44. The highest BCUT2D eigenvalue weighted by molar-refractivity contribution is 5.41. The van der Waals surface area contributed by atoms with Crippen LogP contribution in [-0.2, 0) is 6.42 Å². The highest BCUT2D eigenvalue weighted by Gasteiger charge is 2.31. The van der Waals surface area contributed by atoms with Crippen LogP contribution in [0.3, 0.4) is 0 Å². The van der Waals surface area contributed by atoms with E-state index in [-0.39, 0.29) is 0 Å². The van der Waals surface area contributed by atoms with Crippen LogP contribution in [0.4, 0.5) is 0 Å². The van der Waals surface area contributed by atoms with Crippen LogP contribution in [0.1, 0.15) is 31.2 Å². The van der Waals surface area contributed by atoms with Gasteiger partial charge in [-0.25, -0.2) is 0 Å². The number of nitrogens with zero attached hydrogens (tertiary/aromatic N) is 1. The van der Waals surface area contributed by atoms with Crippen molar-refractivity contribution in [2.24, 2.45) is 0 Å². The van der Waals surface area contributed by atoms with E-state index >= 15 is 0 Å². The van der Waals surface area contributed by atoms with E-state index in [1.807, 2.05) is 12.1 Å². The Morgan fingerprint density at radius 3 is 3.00 bits per heavy atom. The van der Waals surface area contributed by atoms with E-state index in [2.05, 4.69) is 11.9 Å². The average molecular weight is 247 g/mol. The van der Waals surface area contributed by atoms with Gasteiger partial charge in [-0.2, -0.15) is 0 Å². The molecular formula is C15H21NO2. The summed E-state index contributed by atoms with van der Waals surface area (Å²) in [6.45, 7) is 1.19. The molecular weight excluding hydrogens is 226 g/mol. The first kappa shape index (κ1) is 11.8. The molecule has 2 atom stereocenters. The number of phenols is 1. The average Bonchev–Trinajstić information content (AvgIpc) is 2.39. The Morgan fingerprint density at radius 2 is 2.17 bits per heavy atom. The highest BCUT2D eigenvalue weighted by atomic mass is 16.5. The molecule has 0 saturated carbocycles. The standard InChI is InChI=1S/C15H21NO2/c1-16-9-3-2-4-13(16)15-7-5-11-10-12(17)6-8-14(11)18-15/h6,8,10,13,15,17H,2-5,7,9H2,1H3/t13-,15+/m1/s1. The van der Waals surface area contributed by atoms with Crippen LogP contribution in [0.25, 0.3) is 0 Å². The van der Waals surface area contributed by atoms with Gasteiger partial charge >= 0.3 is 0 Å². The summed E-state index contributed by atoms with van der Waals surface area (Å²) in [6.07, 6.45) is 6.26. The molecule has 0 bridgehead atoms. The smallest absolute Gasteiger partial charge is 0.123 e. The van der Waals surface area contributed by atoms with Gasteiger partial charge in [-0.3, -0.25) is 4.90 Å². The Kier molecular flexibility index (Phi) is 3.16. The number of fused-ring (bicyclic) bond motifs is 1. The maximum atomic E-state index is 9.48. The maximum absolute atomic E-state index is 9.48.